The molecule has 0 unspecified atom stereocenters. The molecule has 8 N–H and O–H groups in total. The van der Waals surface area contributed by atoms with Gasteiger partial charge < -0.3 is 56.4 Å². The van der Waals surface area contributed by atoms with Gasteiger partial charge in [0, 0.05) is 75.6 Å². The van der Waals surface area contributed by atoms with Crippen molar-refractivity contribution in [3.8, 4) is 17.8 Å². The van der Waals surface area contributed by atoms with Gasteiger partial charge in [-0.2, -0.15) is 15.2 Å². The van der Waals surface area contributed by atoms with E-state index in [0.717, 1.165) is 28.9 Å². The third-order valence-corrected chi connectivity index (χ3v) is 13.0. The quantitative estimate of drug-likeness (QED) is 0.0362. The lowest BCUT2D eigenvalue weighted by Gasteiger charge is -2.34. The number of carbonyl (C=O) groups excluding carboxylic acids is 7. The van der Waals surface area contributed by atoms with E-state index < -0.39 is 36.0 Å². The number of aromatic nitrogens is 3. The number of unbranched alkanes of at least 4 members (excludes halogenated alkanes) is 3. The topological polar surface area (TPSA) is 312 Å². The first-order valence-electron chi connectivity index (χ1n) is 25.6. The van der Waals surface area contributed by atoms with Crippen LogP contribution in [-0.4, -0.2) is 136 Å². The molecule has 6 rings (SSSR count). The van der Waals surface area contributed by atoms with Gasteiger partial charge in [-0.25, -0.2) is 9.59 Å². The summed E-state index contributed by atoms with van der Waals surface area (Å²) in [6.45, 7) is 9.53. The number of ether oxygens (including phenoxy) is 3. The highest BCUT2D eigenvalue weighted by molar-refractivity contribution is 6.12. The first-order chi connectivity index (χ1) is 36.6. The number of primary amides is 1. The molecule has 23 nitrogen and oxygen atoms in total. The fourth-order valence-corrected chi connectivity index (χ4v) is 8.65. The minimum Gasteiger partial charge on any atom is -0.496 e. The Labute approximate surface area is 441 Å². The van der Waals surface area contributed by atoms with E-state index in [4.69, 9.17) is 25.7 Å². The zero-order chi connectivity index (χ0) is 54.7. The summed E-state index contributed by atoms with van der Waals surface area (Å²) in [5.41, 5.74) is 15.3. The Bertz CT molecular complexity index is 2760. The number of methoxy groups -OCH3 is 1. The summed E-state index contributed by atoms with van der Waals surface area (Å²) < 4.78 is 19.0. The van der Waals surface area contributed by atoms with Crippen molar-refractivity contribution in [3.63, 3.8) is 0 Å². The average Bonchev–Trinajstić information content (AvgIpc) is 3.94. The molecule has 23 heteroatoms. The number of urea groups is 1. The third kappa shape index (κ3) is 16.1. The van der Waals surface area contributed by atoms with Crippen LogP contribution in [0.4, 0.5) is 21.1 Å². The van der Waals surface area contributed by atoms with Crippen LogP contribution in [0.25, 0.3) is 11.0 Å². The second-order valence-corrected chi connectivity index (χ2v) is 19.0. The summed E-state index contributed by atoms with van der Waals surface area (Å²) in [6, 6.07) is 14.1. The lowest BCUT2D eigenvalue weighted by molar-refractivity contribution is -0.137. The molecule has 4 heterocycles. The molecule has 0 radical (unpaired) electrons. The molecule has 76 heavy (non-hydrogen) atoms. The number of hydrogen-bond acceptors (Lipinski definition) is 15. The van der Waals surface area contributed by atoms with E-state index in [9.17, 15) is 38.8 Å². The lowest BCUT2D eigenvalue weighted by Crippen LogP contribution is -2.54. The van der Waals surface area contributed by atoms with Gasteiger partial charge in [0.15, 0.2) is 5.65 Å². The highest BCUT2D eigenvalue weighted by Gasteiger charge is 2.30. The Kier molecular flexibility index (Phi) is 20.9. The third-order valence-electron chi connectivity index (χ3n) is 13.0. The largest absolute Gasteiger partial charge is 0.496 e. The minimum absolute atomic E-state index is 0.00545. The standard InChI is InChI=1S/C53H69N13O10/c1-5-6-27-75-52-61-47(55)40-29-39(30-54)66(48(40)62-52)32-37-16-13-36(28-42(37)74-4)31-63-23-25-64(26-24-63)53(73)76-33-35-14-17-38(18-15-35)58-49(70)41(11-10-21-57-51(56)72)59-50(71)46(34(2)3)60-43(67)12-8-7-9-22-65-44(68)19-20-45(65)69/h13-20,28-29,34,41,46H,5-12,21-27,31-33H2,1-4H3,(H,58,70)(H,59,71)(H,60,67)(H2,55,61,62)(H3,56,57,72)/t41-,46-/m0/s1. The highest BCUT2D eigenvalue weighted by Crippen LogP contribution is 2.29. The lowest BCUT2D eigenvalue weighted by atomic mass is 10.0. The molecule has 2 aromatic carbocycles. The predicted molar refractivity (Wildman–Crippen MR) is 281 cm³/mol. The van der Waals surface area contributed by atoms with Gasteiger partial charge in [0.05, 0.1) is 25.6 Å². The molecule has 2 aliphatic rings. The first kappa shape index (κ1) is 57.0. The van der Waals surface area contributed by atoms with E-state index in [1.165, 1.54) is 12.2 Å². The van der Waals surface area contributed by atoms with E-state index in [2.05, 4.69) is 49.1 Å². The molecule has 1 saturated heterocycles. The zero-order valence-corrected chi connectivity index (χ0v) is 43.6. The van der Waals surface area contributed by atoms with Crippen molar-refractivity contribution in [3.05, 3.63) is 83.1 Å². The van der Waals surface area contributed by atoms with Crippen LogP contribution in [-0.2, 0) is 48.4 Å². The highest BCUT2D eigenvalue weighted by atomic mass is 16.6. The number of imide groups is 1. The molecule has 4 aromatic rings. The maximum Gasteiger partial charge on any atom is 0.410 e. The van der Waals surface area contributed by atoms with Crippen molar-refractivity contribution >= 4 is 64.2 Å². The van der Waals surface area contributed by atoms with Crippen molar-refractivity contribution in [1.29, 1.82) is 5.26 Å². The summed E-state index contributed by atoms with van der Waals surface area (Å²) in [6.07, 6.45) is 5.95. The van der Waals surface area contributed by atoms with Crippen molar-refractivity contribution in [2.24, 2.45) is 11.7 Å². The van der Waals surface area contributed by atoms with Gasteiger partial charge in [0.25, 0.3) is 11.8 Å². The normalized spacial score (nSPS) is 14.3. The van der Waals surface area contributed by atoms with E-state index in [1.54, 1.807) is 60.8 Å². The monoisotopic (exact) mass is 1050 g/mol. The molecule has 0 bridgehead atoms. The number of nitrogens with one attached hydrogen (secondary N) is 4. The summed E-state index contributed by atoms with van der Waals surface area (Å²) >= 11 is 0. The summed E-state index contributed by atoms with van der Waals surface area (Å²) in [4.78, 5) is 102. The van der Waals surface area contributed by atoms with E-state index in [1.807, 2.05) is 18.2 Å². The van der Waals surface area contributed by atoms with E-state index in [-0.39, 0.29) is 68.0 Å². The van der Waals surface area contributed by atoms with Gasteiger partial charge in [-0.15, -0.1) is 0 Å². The molecule has 2 aromatic heterocycles. The number of hydrogen-bond donors (Lipinski definition) is 6. The molecular weight excluding hydrogens is 979 g/mol. The molecule has 2 aliphatic heterocycles. The maximum absolute atomic E-state index is 13.6. The Morgan fingerprint density at radius 3 is 2.25 bits per heavy atom. The van der Waals surface area contributed by atoms with Crippen LogP contribution >= 0.6 is 0 Å². The van der Waals surface area contributed by atoms with Gasteiger partial charge in [0.1, 0.15) is 42.0 Å². The van der Waals surface area contributed by atoms with Crippen LogP contribution in [0.1, 0.15) is 94.5 Å². The number of nitriles is 1. The van der Waals surface area contributed by atoms with Crippen molar-refractivity contribution < 1.29 is 47.8 Å². The van der Waals surface area contributed by atoms with Gasteiger partial charge in [0.2, 0.25) is 17.7 Å². The van der Waals surface area contributed by atoms with Crippen LogP contribution in [0.3, 0.4) is 0 Å². The number of rotatable bonds is 27. The SMILES string of the molecule is CCCCOc1nc(N)c2cc(C#N)n(Cc3ccc(CN4CCN(C(=O)OCc5ccc(NC(=O)[C@H](CCCNC(N)=O)NC(=O)[C@@H](NC(=O)CCCCCN6C(=O)C=CC6=O)C(C)C)cc5)CC4)cc3OC)c2n1. The fourth-order valence-electron chi connectivity index (χ4n) is 8.65. The van der Waals surface area contributed by atoms with E-state index >= 15 is 0 Å². The molecule has 1 fully saturated rings. The number of piperazine rings is 1. The van der Waals surface area contributed by atoms with E-state index in [0.29, 0.717) is 105 Å². The van der Waals surface area contributed by atoms with Gasteiger partial charge in [-0.05, 0) is 73.4 Å². The number of nitrogens with two attached hydrogens (primary N) is 2. The molecule has 0 spiro atoms. The summed E-state index contributed by atoms with van der Waals surface area (Å²) in [7, 11) is 1.60. The molecule has 0 saturated carbocycles. The first-order valence-corrected chi connectivity index (χ1v) is 25.6. The van der Waals surface area contributed by atoms with Gasteiger partial charge in [-0.1, -0.05) is 57.9 Å². The number of nitrogen functional groups attached to an aromatic ring is 1. The number of fused-ring (bicyclic) bond motifs is 1. The number of anilines is 2. The van der Waals surface area contributed by atoms with Gasteiger partial charge in [-0.3, -0.25) is 33.8 Å². The predicted octanol–water partition coefficient (Wildman–Crippen LogP) is 4.07. The van der Waals surface area contributed by atoms with Crippen LogP contribution in [0, 0.1) is 17.2 Å². The van der Waals surface area contributed by atoms with Crippen LogP contribution in [0.15, 0.2) is 60.7 Å². The molecule has 2 atom stereocenters. The molecule has 8 amide bonds. The molecular formula is C53H69N13O10. The Morgan fingerprint density at radius 2 is 1.58 bits per heavy atom. The van der Waals surface area contributed by atoms with Crippen LogP contribution < -0.4 is 42.2 Å². The Morgan fingerprint density at radius 1 is 0.855 bits per heavy atom. The second-order valence-electron chi connectivity index (χ2n) is 19.0. The van der Waals surface area contributed by atoms with Crippen LogP contribution in [0.5, 0.6) is 11.8 Å². The minimum atomic E-state index is -1.04. The summed E-state index contributed by atoms with van der Waals surface area (Å²) in [5, 5.41) is 21.4. The van der Waals surface area contributed by atoms with Crippen LogP contribution in [0.2, 0.25) is 0 Å². The van der Waals surface area contributed by atoms with Crippen molar-refractivity contribution in [2.75, 3.05) is 64.0 Å². The van der Waals surface area contributed by atoms with Crippen molar-refractivity contribution in [1.82, 2.24) is 45.2 Å². The zero-order valence-electron chi connectivity index (χ0n) is 43.6. The number of carbonyl (C=O) groups is 7. The second kappa shape index (κ2) is 27.9. The molecule has 0 aliphatic carbocycles. The number of amides is 8. The number of benzene rings is 2. The Balaban J connectivity index is 0.955. The maximum atomic E-state index is 13.6. The van der Waals surface area contributed by atoms with Crippen molar-refractivity contribution in [2.45, 2.75) is 104 Å². The Hall–Kier alpha value is -8.26. The average molecular weight is 1050 g/mol. The molecule has 406 valence electrons. The summed E-state index contributed by atoms with van der Waals surface area (Å²) in [5.74, 6) is -1.60. The fraction of sp³-hybridized carbons (Fsp3) is 0.472. The van der Waals surface area contributed by atoms with Gasteiger partial charge >= 0.3 is 18.1 Å². The smallest absolute Gasteiger partial charge is 0.410 e. The number of nitrogens with zero attached hydrogens (tertiary/aromatic N) is 7.